The normalized spacial score (nSPS) is 10.3. The number of nitro groups is 2. The lowest BCUT2D eigenvalue weighted by Gasteiger charge is -2.06. The predicted octanol–water partition coefficient (Wildman–Crippen LogP) is 8.67. The van der Waals surface area contributed by atoms with Crippen LogP contribution in [0.2, 0.25) is 0 Å². The van der Waals surface area contributed by atoms with Crippen LogP contribution >= 0.6 is 0 Å². The van der Waals surface area contributed by atoms with Crippen molar-refractivity contribution in [1.82, 2.24) is 0 Å². The van der Waals surface area contributed by atoms with Crippen molar-refractivity contribution in [1.29, 1.82) is 0 Å². The molecule has 2 aromatic carbocycles. The SMILES string of the molecule is CCCCCCCCOc1ccccc1[N+](=O)[O-].CCCCCCCCOc1ccccc1[N+](=O)[O-]. The minimum absolute atomic E-state index is 0.0449. The lowest BCUT2D eigenvalue weighted by molar-refractivity contribution is -0.386. The molecule has 0 spiro atoms. The maximum absolute atomic E-state index is 10.8. The molecule has 0 heterocycles. The van der Waals surface area contributed by atoms with Crippen LogP contribution in [0.4, 0.5) is 11.4 Å². The number of nitro benzene ring substituents is 2. The zero-order valence-corrected chi connectivity index (χ0v) is 21.9. The van der Waals surface area contributed by atoms with Gasteiger partial charge in [0.2, 0.25) is 0 Å². The Labute approximate surface area is 215 Å². The summed E-state index contributed by atoms with van der Waals surface area (Å²) < 4.78 is 10.9. The van der Waals surface area contributed by atoms with Gasteiger partial charge in [-0.25, -0.2) is 0 Å². The first kappa shape index (κ1) is 30.9. The first-order valence-electron chi connectivity index (χ1n) is 13.2. The Morgan fingerprint density at radius 2 is 0.889 bits per heavy atom. The van der Waals surface area contributed by atoms with Crippen LogP contribution in [0.15, 0.2) is 48.5 Å². The van der Waals surface area contributed by atoms with Crippen molar-refractivity contribution in [3.63, 3.8) is 0 Å². The summed E-state index contributed by atoms with van der Waals surface area (Å²) in [6, 6.07) is 13.0. The number of rotatable bonds is 18. The molecule has 0 unspecified atom stereocenters. The Balaban J connectivity index is 0.000000360. The molecule has 36 heavy (non-hydrogen) atoms. The van der Waals surface area contributed by atoms with Gasteiger partial charge < -0.3 is 9.47 Å². The molecule has 200 valence electrons. The smallest absolute Gasteiger partial charge is 0.310 e. The average Bonchev–Trinajstić information content (AvgIpc) is 2.88. The quantitative estimate of drug-likeness (QED) is 0.115. The molecule has 8 heteroatoms. The first-order chi connectivity index (χ1) is 17.5. The second-order valence-corrected chi connectivity index (χ2v) is 8.68. The van der Waals surface area contributed by atoms with Gasteiger partial charge in [-0.3, -0.25) is 20.2 Å². The predicted molar refractivity (Wildman–Crippen MR) is 144 cm³/mol. The van der Waals surface area contributed by atoms with Crippen molar-refractivity contribution in [2.24, 2.45) is 0 Å². The van der Waals surface area contributed by atoms with E-state index in [1.54, 1.807) is 36.4 Å². The average molecular weight is 503 g/mol. The van der Waals surface area contributed by atoms with E-state index in [9.17, 15) is 20.2 Å². The molecule has 0 saturated carbocycles. The molecular formula is C28H42N2O6. The Hall–Kier alpha value is -3.16. The molecular weight excluding hydrogens is 460 g/mol. The zero-order chi connectivity index (χ0) is 26.4. The summed E-state index contributed by atoms with van der Waals surface area (Å²) in [4.78, 5) is 20.7. The minimum Gasteiger partial charge on any atom is -0.487 e. The van der Waals surface area contributed by atoms with E-state index in [0.717, 1.165) is 25.7 Å². The summed E-state index contributed by atoms with van der Waals surface area (Å²) >= 11 is 0. The topological polar surface area (TPSA) is 105 Å². The third-order valence-corrected chi connectivity index (χ3v) is 5.63. The van der Waals surface area contributed by atoms with Crippen molar-refractivity contribution < 1.29 is 19.3 Å². The molecule has 2 aromatic rings. The molecule has 0 radical (unpaired) electrons. The molecule has 0 aliphatic carbocycles. The largest absolute Gasteiger partial charge is 0.487 e. The van der Waals surface area contributed by atoms with Gasteiger partial charge in [-0.15, -0.1) is 0 Å². The molecule has 2 rings (SSSR count). The molecule has 0 aliphatic heterocycles. The number of benzene rings is 2. The maximum Gasteiger partial charge on any atom is 0.310 e. The van der Waals surface area contributed by atoms with Crippen LogP contribution < -0.4 is 9.47 Å². The van der Waals surface area contributed by atoms with Crippen LogP contribution in [0, 0.1) is 20.2 Å². The van der Waals surface area contributed by atoms with Gasteiger partial charge in [0.1, 0.15) is 0 Å². The maximum atomic E-state index is 10.8. The number of hydrogen-bond acceptors (Lipinski definition) is 6. The van der Waals surface area contributed by atoms with Gasteiger partial charge in [0.25, 0.3) is 0 Å². The molecule has 0 aromatic heterocycles. The summed E-state index contributed by atoms with van der Waals surface area (Å²) in [5, 5.41) is 21.5. The summed E-state index contributed by atoms with van der Waals surface area (Å²) in [7, 11) is 0. The van der Waals surface area contributed by atoms with Crippen LogP contribution in [0.1, 0.15) is 90.9 Å². The van der Waals surface area contributed by atoms with Crippen molar-refractivity contribution in [3.05, 3.63) is 68.8 Å². The number of ether oxygens (including phenoxy) is 2. The fraction of sp³-hybridized carbons (Fsp3) is 0.571. The summed E-state index contributed by atoms with van der Waals surface area (Å²) in [5.74, 6) is 0.743. The molecule has 0 amide bonds. The van der Waals surface area contributed by atoms with Gasteiger partial charge in [0, 0.05) is 12.1 Å². The molecule has 0 N–H and O–H groups in total. The van der Waals surface area contributed by atoms with E-state index in [1.165, 1.54) is 63.5 Å². The number of unbranched alkanes of at least 4 members (excludes halogenated alkanes) is 10. The molecule has 0 fully saturated rings. The van der Waals surface area contributed by atoms with E-state index in [1.807, 2.05) is 0 Å². The van der Waals surface area contributed by atoms with E-state index < -0.39 is 9.85 Å². The van der Waals surface area contributed by atoms with Crippen molar-refractivity contribution in [2.45, 2.75) is 90.9 Å². The van der Waals surface area contributed by atoms with Crippen LogP contribution in [0.25, 0.3) is 0 Å². The Bertz CT molecular complexity index is 803. The first-order valence-corrected chi connectivity index (χ1v) is 13.2. The highest BCUT2D eigenvalue weighted by molar-refractivity contribution is 5.46. The molecule has 0 saturated heterocycles. The Morgan fingerprint density at radius 3 is 1.25 bits per heavy atom. The standard InChI is InChI=1S/2C14H21NO3/c2*1-2-3-4-5-6-9-12-18-14-11-8-7-10-13(14)15(16)17/h2*7-8,10-11H,2-6,9,12H2,1H3. The number of hydrogen-bond donors (Lipinski definition) is 0. The van der Waals surface area contributed by atoms with E-state index in [-0.39, 0.29) is 11.4 Å². The van der Waals surface area contributed by atoms with Crippen molar-refractivity contribution in [3.8, 4) is 11.5 Å². The molecule has 0 atom stereocenters. The second-order valence-electron chi connectivity index (χ2n) is 8.68. The fourth-order valence-electron chi connectivity index (χ4n) is 3.59. The molecule has 0 aliphatic rings. The van der Waals surface area contributed by atoms with E-state index in [2.05, 4.69) is 13.8 Å². The highest BCUT2D eigenvalue weighted by Gasteiger charge is 2.13. The minimum atomic E-state index is -0.406. The van der Waals surface area contributed by atoms with Crippen molar-refractivity contribution >= 4 is 11.4 Å². The van der Waals surface area contributed by atoms with Gasteiger partial charge >= 0.3 is 11.4 Å². The van der Waals surface area contributed by atoms with Crippen LogP contribution in [0.5, 0.6) is 11.5 Å². The van der Waals surface area contributed by atoms with Crippen LogP contribution in [0.3, 0.4) is 0 Å². The van der Waals surface area contributed by atoms with Crippen LogP contribution in [-0.4, -0.2) is 23.1 Å². The number of para-hydroxylation sites is 4. The summed E-state index contributed by atoms with van der Waals surface area (Å²) in [6.07, 6.45) is 14.2. The van der Waals surface area contributed by atoms with Crippen LogP contribution in [-0.2, 0) is 0 Å². The third-order valence-electron chi connectivity index (χ3n) is 5.63. The lowest BCUT2D eigenvalue weighted by atomic mass is 10.1. The van der Waals surface area contributed by atoms with E-state index in [4.69, 9.17) is 9.47 Å². The third kappa shape index (κ3) is 13.7. The number of nitrogens with zero attached hydrogens (tertiary/aromatic N) is 2. The summed E-state index contributed by atoms with van der Waals surface area (Å²) in [6.45, 7) is 5.49. The highest BCUT2D eigenvalue weighted by atomic mass is 16.6. The fourth-order valence-corrected chi connectivity index (χ4v) is 3.59. The van der Waals surface area contributed by atoms with E-state index in [0.29, 0.717) is 24.7 Å². The van der Waals surface area contributed by atoms with E-state index >= 15 is 0 Å². The Morgan fingerprint density at radius 1 is 0.556 bits per heavy atom. The van der Waals surface area contributed by atoms with Gasteiger partial charge in [-0.05, 0) is 25.0 Å². The van der Waals surface area contributed by atoms with Gasteiger partial charge in [-0.1, -0.05) is 102 Å². The van der Waals surface area contributed by atoms with Gasteiger partial charge in [-0.2, -0.15) is 0 Å². The lowest BCUT2D eigenvalue weighted by Crippen LogP contribution is -2.00. The highest BCUT2D eigenvalue weighted by Crippen LogP contribution is 2.27. The monoisotopic (exact) mass is 502 g/mol. The second kappa shape index (κ2) is 20.1. The Kier molecular flexibility index (Phi) is 17.2. The van der Waals surface area contributed by atoms with Gasteiger partial charge in [0.15, 0.2) is 11.5 Å². The summed E-state index contributed by atoms with van der Waals surface area (Å²) in [5.41, 5.74) is 0.0898. The molecule has 0 bridgehead atoms. The zero-order valence-electron chi connectivity index (χ0n) is 21.9. The molecule has 8 nitrogen and oxygen atoms in total. The van der Waals surface area contributed by atoms with Crippen molar-refractivity contribution in [2.75, 3.05) is 13.2 Å². The van der Waals surface area contributed by atoms with Gasteiger partial charge in [0.05, 0.1) is 23.1 Å².